The number of pyridine rings is 1. The number of nitrogens with one attached hydrogen (secondary N) is 1. The average Bonchev–Trinajstić information content (AvgIpc) is 2.88. The molecule has 0 spiro atoms. The van der Waals surface area contributed by atoms with E-state index in [-0.39, 0.29) is 5.82 Å². The van der Waals surface area contributed by atoms with Gasteiger partial charge in [-0.3, -0.25) is 4.98 Å². The van der Waals surface area contributed by atoms with Gasteiger partial charge in [0.1, 0.15) is 5.82 Å². The van der Waals surface area contributed by atoms with Gasteiger partial charge in [-0.25, -0.2) is 4.39 Å². The van der Waals surface area contributed by atoms with Crippen molar-refractivity contribution in [2.45, 2.75) is 32.9 Å². The lowest BCUT2D eigenvalue weighted by Crippen LogP contribution is -2.24. The number of hydrogen-bond acceptors (Lipinski definition) is 3. The van der Waals surface area contributed by atoms with Crippen molar-refractivity contribution in [1.29, 1.82) is 0 Å². The molecule has 1 aromatic carbocycles. The molecule has 1 aliphatic rings. The van der Waals surface area contributed by atoms with Crippen LogP contribution in [-0.4, -0.2) is 17.6 Å². The Kier molecular flexibility index (Phi) is 3.88. The summed E-state index contributed by atoms with van der Waals surface area (Å²) in [7, 11) is 0. The number of nitrogens with zero attached hydrogens (tertiary/aromatic N) is 2. The van der Waals surface area contributed by atoms with Gasteiger partial charge < -0.3 is 10.2 Å². The maximum absolute atomic E-state index is 13.6. The number of aromatic nitrogens is 1. The molecule has 1 N–H and O–H groups in total. The Labute approximate surface area is 124 Å². The second-order valence-corrected chi connectivity index (χ2v) is 5.71. The first kappa shape index (κ1) is 14.0. The van der Waals surface area contributed by atoms with Crippen LogP contribution < -0.4 is 10.2 Å². The molecule has 2 heterocycles. The van der Waals surface area contributed by atoms with Gasteiger partial charge >= 0.3 is 0 Å². The Morgan fingerprint density at radius 1 is 1.29 bits per heavy atom. The van der Waals surface area contributed by atoms with Gasteiger partial charge in [-0.05, 0) is 35.7 Å². The molecule has 0 saturated heterocycles. The van der Waals surface area contributed by atoms with Gasteiger partial charge in [0.25, 0.3) is 0 Å². The Morgan fingerprint density at radius 2 is 2.14 bits per heavy atom. The first-order valence-electron chi connectivity index (χ1n) is 7.37. The smallest absolute Gasteiger partial charge is 0.125 e. The molecular formula is C17H20FN3. The van der Waals surface area contributed by atoms with Gasteiger partial charge in [0.15, 0.2) is 0 Å². The number of hydrogen-bond donors (Lipinski definition) is 1. The van der Waals surface area contributed by atoms with Crippen LogP contribution in [0.3, 0.4) is 0 Å². The van der Waals surface area contributed by atoms with Crippen LogP contribution in [0.15, 0.2) is 36.7 Å². The van der Waals surface area contributed by atoms with Crippen molar-refractivity contribution in [2.24, 2.45) is 0 Å². The van der Waals surface area contributed by atoms with E-state index >= 15 is 0 Å². The Bertz CT molecular complexity index is 640. The summed E-state index contributed by atoms with van der Waals surface area (Å²) in [5.41, 5.74) is 4.42. The molecule has 0 fully saturated rings. The summed E-state index contributed by atoms with van der Waals surface area (Å²) in [6.07, 6.45) is 4.63. The van der Waals surface area contributed by atoms with Crippen LogP contribution in [0.25, 0.3) is 0 Å². The SMILES string of the molecule is CC(C)NCc1ccncc1N1CCc2ccc(F)cc21. The van der Waals surface area contributed by atoms with Gasteiger partial charge in [0.05, 0.1) is 11.9 Å². The molecule has 2 aromatic rings. The molecule has 21 heavy (non-hydrogen) atoms. The highest BCUT2D eigenvalue weighted by atomic mass is 19.1. The van der Waals surface area contributed by atoms with E-state index in [1.807, 2.05) is 24.5 Å². The zero-order chi connectivity index (χ0) is 14.8. The highest BCUT2D eigenvalue weighted by Crippen LogP contribution is 2.36. The van der Waals surface area contributed by atoms with Crippen molar-refractivity contribution in [2.75, 3.05) is 11.4 Å². The van der Waals surface area contributed by atoms with E-state index in [1.54, 1.807) is 6.07 Å². The van der Waals surface area contributed by atoms with Crippen LogP contribution in [0.4, 0.5) is 15.8 Å². The summed E-state index contributed by atoms with van der Waals surface area (Å²) < 4.78 is 13.6. The highest BCUT2D eigenvalue weighted by Gasteiger charge is 2.22. The van der Waals surface area contributed by atoms with Crippen molar-refractivity contribution in [3.63, 3.8) is 0 Å². The minimum atomic E-state index is -0.189. The molecule has 4 heteroatoms. The summed E-state index contributed by atoms with van der Waals surface area (Å²) in [6, 6.07) is 7.49. The first-order chi connectivity index (χ1) is 10.1. The minimum Gasteiger partial charge on any atom is -0.339 e. The third-order valence-corrected chi connectivity index (χ3v) is 3.82. The number of benzene rings is 1. The van der Waals surface area contributed by atoms with E-state index in [1.165, 1.54) is 17.2 Å². The Morgan fingerprint density at radius 3 is 2.95 bits per heavy atom. The number of fused-ring (bicyclic) bond motifs is 1. The molecule has 110 valence electrons. The third kappa shape index (κ3) is 2.90. The quantitative estimate of drug-likeness (QED) is 0.933. The van der Waals surface area contributed by atoms with Gasteiger partial charge in [0.2, 0.25) is 0 Å². The Balaban J connectivity index is 1.94. The molecule has 1 aliphatic heterocycles. The van der Waals surface area contributed by atoms with Crippen molar-refractivity contribution in [3.05, 3.63) is 53.6 Å². The normalized spacial score (nSPS) is 13.8. The molecule has 0 bridgehead atoms. The Hall–Kier alpha value is -1.94. The number of halogens is 1. The zero-order valence-corrected chi connectivity index (χ0v) is 12.4. The fraction of sp³-hybridized carbons (Fsp3) is 0.353. The average molecular weight is 285 g/mol. The molecule has 0 amide bonds. The summed E-state index contributed by atoms with van der Waals surface area (Å²) >= 11 is 0. The van der Waals surface area contributed by atoms with E-state index < -0.39 is 0 Å². The number of anilines is 2. The van der Waals surface area contributed by atoms with Crippen LogP contribution in [0, 0.1) is 5.82 Å². The van der Waals surface area contributed by atoms with Gasteiger partial charge in [-0.1, -0.05) is 19.9 Å². The topological polar surface area (TPSA) is 28.2 Å². The second kappa shape index (κ2) is 5.82. The fourth-order valence-corrected chi connectivity index (χ4v) is 2.72. The van der Waals surface area contributed by atoms with Crippen LogP contribution in [0.1, 0.15) is 25.0 Å². The van der Waals surface area contributed by atoms with Crippen molar-refractivity contribution < 1.29 is 4.39 Å². The molecule has 0 saturated carbocycles. The lowest BCUT2D eigenvalue weighted by molar-refractivity contribution is 0.588. The van der Waals surface area contributed by atoms with Crippen LogP contribution in [0.5, 0.6) is 0 Å². The molecular weight excluding hydrogens is 265 g/mol. The second-order valence-electron chi connectivity index (χ2n) is 5.71. The predicted octanol–water partition coefficient (Wildman–Crippen LogP) is 3.41. The molecule has 0 atom stereocenters. The van der Waals surface area contributed by atoms with Gasteiger partial charge in [-0.15, -0.1) is 0 Å². The van der Waals surface area contributed by atoms with Gasteiger partial charge in [-0.2, -0.15) is 0 Å². The molecule has 1 aromatic heterocycles. The monoisotopic (exact) mass is 285 g/mol. The maximum Gasteiger partial charge on any atom is 0.125 e. The molecule has 3 nitrogen and oxygen atoms in total. The van der Waals surface area contributed by atoms with Crippen LogP contribution in [0.2, 0.25) is 0 Å². The van der Waals surface area contributed by atoms with Crippen molar-refractivity contribution in [3.8, 4) is 0 Å². The van der Waals surface area contributed by atoms with E-state index in [0.29, 0.717) is 6.04 Å². The standard InChI is InChI=1S/C17H20FN3/c1-12(2)20-10-14-5-7-19-11-17(14)21-8-6-13-3-4-15(18)9-16(13)21/h3-5,7,9,11-12,20H,6,8,10H2,1-2H3. The van der Waals surface area contributed by atoms with Crippen molar-refractivity contribution in [1.82, 2.24) is 10.3 Å². The van der Waals surface area contributed by atoms with Gasteiger partial charge in [0, 0.05) is 31.0 Å². The highest BCUT2D eigenvalue weighted by molar-refractivity contribution is 5.71. The van der Waals surface area contributed by atoms with E-state index in [2.05, 4.69) is 29.0 Å². The molecule has 0 unspecified atom stereocenters. The maximum atomic E-state index is 13.6. The summed E-state index contributed by atoms with van der Waals surface area (Å²) in [6.45, 7) is 5.92. The minimum absolute atomic E-state index is 0.189. The van der Waals surface area contributed by atoms with E-state index in [4.69, 9.17) is 0 Å². The van der Waals surface area contributed by atoms with Crippen LogP contribution in [-0.2, 0) is 13.0 Å². The molecule has 3 rings (SSSR count). The van der Waals surface area contributed by atoms with Crippen LogP contribution >= 0.6 is 0 Å². The fourth-order valence-electron chi connectivity index (χ4n) is 2.72. The molecule has 0 radical (unpaired) electrons. The third-order valence-electron chi connectivity index (χ3n) is 3.82. The molecule has 0 aliphatic carbocycles. The largest absolute Gasteiger partial charge is 0.339 e. The van der Waals surface area contributed by atoms with E-state index in [0.717, 1.165) is 30.9 Å². The lowest BCUT2D eigenvalue weighted by Gasteiger charge is -2.23. The zero-order valence-electron chi connectivity index (χ0n) is 12.4. The summed E-state index contributed by atoms with van der Waals surface area (Å²) in [5.74, 6) is -0.189. The predicted molar refractivity (Wildman–Crippen MR) is 83.3 cm³/mol. The lowest BCUT2D eigenvalue weighted by atomic mass is 10.1. The van der Waals surface area contributed by atoms with Crippen molar-refractivity contribution >= 4 is 11.4 Å². The summed E-state index contributed by atoms with van der Waals surface area (Å²) in [4.78, 5) is 6.42. The van der Waals surface area contributed by atoms with E-state index in [9.17, 15) is 4.39 Å². The first-order valence-corrected chi connectivity index (χ1v) is 7.37. The summed E-state index contributed by atoms with van der Waals surface area (Å²) in [5, 5.41) is 3.43. The number of rotatable bonds is 4.